The molecule has 5 nitrogen and oxygen atoms in total. The van der Waals surface area contributed by atoms with E-state index in [2.05, 4.69) is 12.1 Å². The van der Waals surface area contributed by atoms with Crippen molar-refractivity contribution >= 4 is 5.91 Å². The maximum absolute atomic E-state index is 13.3. The van der Waals surface area contributed by atoms with Gasteiger partial charge in [0.2, 0.25) is 5.91 Å². The molecule has 1 saturated heterocycles. The van der Waals surface area contributed by atoms with E-state index in [1.807, 2.05) is 17.0 Å². The van der Waals surface area contributed by atoms with Crippen molar-refractivity contribution in [2.75, 3.05) is 26.2 Å². The summed E-state index contributed by atoms with van der Waals surface area (Å²) < 4.78 is 18.3. The van der Waals surface area contributed by atoms with E-state index in [-0.39, 0.29) is 29.9 Å². The summed E-state index contributed by atoms with van der Waals surface area (Å²) in [5.74, 6) is 1.41. The minimum Gasteiger partial charge on any atom is -0.489 e. The lowest BCUT2D eigenvalue weighted by Gasteiger charge is -2.57. The zero-order chi connectivity index (χ0) is 21.7. The molecule has 0 atom stereocenters. The summed E-state index contributed by atoms with van der Waals surface area (Å²) in [7, 11) is 0. The van der Waals surface area contributed by atoms with Crippen LogP contribution in [0.25, 0.3) is 0 Å². The van der Waals surface area contributed by atoms with Gasteiger partial charge in [-0.3, -0.25) is 4.79 Å². The smallest absolute Gasteiger partial charge is 0.228 e. The molecule has 0 radical (unpaired) electrons. The number of likely N-dealkylation sites (tertiary alicyclic amines) is 1. The molecule has 4 saturated carbocycles. The largest absolute Gasteiger partial charge is 0.489 e. The highest BCUT2D eigenvalue weighted by Crippen LogP contribution is 2.59. The van der Waals surface area contributed by atoms with Gasteiger partial charge in [-0.1, -0.05) is 12.1 Å². The number of amides is 1. The third-order valence-corrected chi connectivity index (χ3v) is 8.56. The molecule has 6 heteroatoms. The van der Waals surface area contributed by atoms with E-state index in [0.29, 0.717) is 36.7 Å². The fourth-order valence-corrected chi connectivity index (χ4v) is 6.13. The van der Waals surface area contributed by atoms with Gasteiger partial charge < -0.3 is 20.5 Å². The summed E-state index contributed by atoms with van der Waals surface area (Å²) in [6, 6.07) is 8.16. The Labute approximate surface area is 183 Å². The maximum Gasteiger partial charge on any atom is 0.228 e. The van der Waals surface area contributed by atoms with Crippen LogP contribution in [0.5, 0.6) is 5.75 Å². The lowest BCUT2D eigenvalue weighted by Crippen LogP contribution is -2.68. The molecule has 0 unspecified atom stereocenters. The molecule has 4 aliphatic carbocycles. The summed E-state index contributed by atoms with van der Waals surface area (Å²) in [4.78, 5) is 15.2. The number of nitrogens with two attached hydrogens (primary N) is 1. The minimum atomic E-state index is -0.603. The van der Waals surface area contributed by atoms with Crippen molar-refractivity contribution in [2.24, 2.45) is 17.1 Å². The number of halogens is 1. The number of benzene rings is 1. The molecule has 3 N–H and O–H groups in total. The molecular formula is C25H33FN2O3. The molecule has 1 aliphatic heterocycles. The Morgan fingerprint density at radius 2 is 1.74 bits per heavy atom. The highest BCUT2D eigenvalue weighted by atomic mass is 19.1. The highest BCUT2D eigenvalue weighted by molar-refractivity contribution is 5.84. The van der Waals surface area contributed by atoms with Crippen molar-refractivity contribution in [1.29, 1.82) is 0 Å². The van der Waals surface area contributed by atoms with E-state index in [1.165, 1.54) is 5.56 Å². The van der Waals surface area contributed by atoms with Crippen LogP contribution in [0.2, 0.25) is 0 Å². The highest BCUT2D eigenvalue weighted by Gasteiger charge is 2.59. The van der Waals surface area contributed by atoms with Crippen LogP contribution in [0.4, 0.5) is 4.39 Å². The third-order valence-electron chi connectivity index (χ3n) is 8.56. The Morgan fingerprint density at radius 3 is 2.26 bits per heavy atom. The first-order chi connectivity index (χ1) is 14.9. The second kappa shape index (κ2) is 7.59. The van der Waals surface area contributed by atoms with Crippen LogP contribution in [-0.2, 0) is 10.2 Å². The monoisotopic (exact) mass is 428 g/mol. The van der Waals surface area contributed by atoms with Gasteiger partial charge in [0.05, 0.1) is 19.4 Å². The molecule has 0 aromatic heterocycles. The van der Waals surface area contributed by atoms with Gasteiger partial charge in [-0.25, -0.2) is 4.39 Å². The normalized spacial score (nSPS) is 32.0. The predicted molar refractivity (Wildman–Crippen MR) is 116 cm³/mol. The zero-order valence-corrected chi connectivity index (χ0v) is 18.1. The summed E-state index contributed by atoms with van der Waals surface area (Å²) in [6.07, 6.45) is 8.62. The molecule has 2 bridgehead atoms. The number of aliphatic hydroxyl groups is 1. The molecule has 168 valence electrons. The summed E-state index contributed by atoms with van der Waals surface area (Å²) >= 11 is 0. The second-order valence-electron chi connectivity index (χ2n) is 10.4. The Kier molecular flexibility index (Phi) is 5.13. The molecule has 1 amide bonds. The fourth-order valence-electron chi connectivity index (χ4n) is 6.13. The molecule has 31 heavy (non-hydrogen) atoms. The van der Waals surface area contributed by atoms with Gasteiger partial charge in [0.15, 0.2) is 0 Å². The van der Waals surface area contributed by atoms with Crippen LogP contribution in [0.3, 0.4) is 0 Å². The van der Waals surface area contributed by atoms with Gasteiger partial charge >= 0.3 is 0 Å². The quantitative estimate of drug-likeness (QED) is 0.698. The fraction of sp³-hybridized carbons (Fsp3) is 0.640. The van der Waals surface area contributed by atoms with Crippen LogP contribution in [0.15, 0.2) is 36.2 Å². The number of fused-ring (bicyclic) bond motifs is 3. The second-order valence-corrected chi connectivity index (χ2v) is 10.4. The van der Waals surface area contributed by atoms with Gasteiger partial charge in [-0.05, 0) is 80.4 Å². The summed E-state index contributed by atoms with van der Waals surface area (Å²) in [5, 5.41) is 10.6. The Balaban J connectivity index is 1.20. The number of nitrogens with zero attached hydrogens (tertiary/aromatic N) is 1. The van der Waals surface area contributed by atoms with Crippen molar-refractivity contribution < 1.29 is 19.0 Å². The van der Waals surface area contributed by atoms with Crippen molar-refractivity contribution in [3.05, 3.63) is 41.7 Å². The van der Waals surface area contributed by atoms with Crippen LogP contribution in [0, 0.1) is 11.3 Å². The number of carbonyl (C=O) groups is 1. The van der Waals surface area contributed by atoms with Crippen molar-refractivity contribution in [1.82, 2.24) is 4.90 Å². The first kappa shape index (κ1) is 21.0. The Morgan fingerprint density at radius 1 is 1.13 bits per heavy atom. The maximum atomic E-state index is 13.3. The molecule has 5 aliphatic rings. The molecule has 1 heterocycles. The number of β-amino-alcohol motifs (C(OH)–C–C–N with tert-alkyl or cyclic N) is 1. The van der Waals surface area contributed by atoms with E-state index in [4.69, 9.17) is 10.5 Å². The lowest BCUT2D eigenvalue weighted by molar-refractivity contribution is -0.175. The number of carbonyl (C=O) groups excluding carboxylic acids is 1. The molecule has 0 spiro atoms. The third kappa shape index (κ3) is 3.58. The van der Waals surface area contributed by atoms with Gasteiger partial charge in [0.25, 0.3) is 0 Å². The molecular weight excluding hydrogens is 395 g/mol. The van der Waals surface area contributed by atoms with Gasteiger partial charge in [-0.15, -0.1) is 0 Å². The number of hydrogen-bond donors (Lipinski definition) is 2. The van der Waals surface area contributed by atoms with Gasteiger partial charge in [0, 0.05) is 17.5 Å². The lowest BCUT2D eigenvalue weighted by atomic mass is 9.51. The Hall–Kier alpha value is -1.92. The summed E-state index contributed by atoms with van der Waals surface area (Å²) in [5.41, 5.74) is 6.54. The molecule has 5 fully saturated rings. The zero-order valence-electron chi connectivity index (χ0n) is 18.1. The number of hydrogen-bond acceptors (Lipinski definition) is 4. The van der Waals surface area contributed by atoms with E-state index in [9.17, 15) is 14.3 Å². The number of rotatable bonds is 7. The van der Waals surface area contributed by atoms with Gasteiger partial charge in [-0.2, -0.15) is 0 Å². The van der Waals surface area contributed by atoms with Crippen LogP contribution < -0.4 is 10.5 Å². The standard InChI is InChI=1S/C25H33FN2O3/c26-13-18(14-27)15-31-21-5-3-19(4-6-21)23-7-10-24(11-8-23,12-9-23)22(29)28-16-25(30,17-28)20-1-2-20/h3-6,13,20,30H,1-2,7-12,14-17,27H2/b18-13+. The average Bonchev–Trinajstić information content (AvgIpc) is 3.65. The number of ether oxygens (including phenoxy) is 1. The van der Waals surface area contributed by atoms with Gasteiger partial charge in [0.1, 0.15) is 18.0 Å². The van der Waals surface area contributed by atoms with E-state index >= 15 is 0 Å². The summed E-state index contributed by atoms with van der Waals surface area (Å²) in [6.45, 7) is 1.38. The minimum absolute atomic E-state index is 0.144. The van der Waals surface area contributed by atoms with Crippen LogP contribution >= 0.6 is 0 Å². The SMILES string of the molecule is NC/C(=C\F)COc1ccc(C23CCC(C(=O)N4CC(O)(C5CC5)C4)(CC2)CC3)cc1. The van der Waals surface area contributed by atoms with Crippen LogP contribution in [0.1, 0.15) is 56.9 Å². The van der Waals surface area contributed by atoms with Crippen LogP contribution in [-0.4, -0.2) is 47.8 Å². The topological polar surface area (TPSA) is 75.8 Å². The molecule has 1 aromatic carbocycles. The molecule has 6 rings (SSSR count). The molecule has 1 aromatic rings. The Bertz CT molecular complexity index is 847. The van der Waals surface area contributed by atoms with E-state index in [1.54, 1.807) is 0 Å². The van der Waals surface area contributed by atoms with Crippen molar-refractivity contribution in [2.45, 2.75) is 62.4 Å². The van der Waals surface area contributed by atoms with Crippen molar-refractivity contribution in [3.8, 4) is 5.75 Å². The van der Waals surface area contributed by atoms with E-state index in [0.717, 1.165) is 51.4 Å². The van der Waals surface area contributed by atoms with E-state index < -0.39 is 5.60 Å². The van der Waals surface area contributed by atoms with Crippen molar-refractivity contribution in [3.63, 3.8) is 0 Å². The first-order valence-corrected chi connectivity index (χ1v) is 11.7. The first-order valence-electron chi connectivity index (χ1n) is 11.7. The average molecular weight is 429 g/mol. The predicted octanol–water partition coefficient (Wildman–Crippen LogP) is 3.45.